The smallest absolute Gasteiger partial charge is 0.0321 e. The highest BCUT2D eigenvalue weighted by Gasteiger charge is 2.16. The van der Waals surface area contributed by atoms with Crippen molar-refractivity contribution in [3.05, 3.63) is 180 Å². The average molecular weight is 625 g/mol. The molecule has 0 fully saturated rings. The van der Waals surface area contributed by atoms with Gasteiger partial charge in [-0.15, -0.1) is 6.42 Å². The van der Waals surface area contributed by atoms with Crippen molar-refractivity contribution >= 4 is 43.5 Å². The van der Waals surface area contributed by atoms with E-state index in [-0.39, 0.29) is 0 Å². The first-order chi connectivity index (χ1) is 23.3. The van der Waals surface area contributed by atoms with Gasteiger partial charge in [0.2, 0.25) is 0 Å². The monoisotopic (exact) mass is 624 g/mol. The Bertz CT molecular complexity index is 2220. The fourth-order valence-electron chi connectivity index (χ4n) is 6.44. The Kier molecular flexibility index (Phi) is 10.6. The Hall–Kier alpha value is -5.78. The summed E-state index contributed by atoms with van der Waals surface area (Å²) >= 11 is 0. The van der Waals surface area contributed by atoms with E-state index in [0.29, 0.717) is 0 Å². The molecule has 2 nitrogen and oxygen atoms in total. The molecule has 5 rings (SSSR count). The first-order valence-electron chi connectivity index (χ1n) is 16.4. The van der Waals surface area contributed by atoms with Gasteiger partial charge < -0.3 is 10.6 Å². The van der Waals surface area contributed by atoms with Crippen molar-refractivity contribution in [2.45, 2.75) is 41.0 Å². The highest BCUT2D eigenvalue weighted by molar-refractivity contribution is 6.26. The second-order valence-electron chi connectivity index (χ2n) is 12.0. The van der Waals surface area contributed by atoms with Gasteiger partial charge in [-0.25, -0.2) is 0 Å². The fourth-order valence-corrected chi connectivity index (χ4v) is 6.44. The Balaban J connectivity index is 1.64. The molecule has 48 heavy (non-hydrogen) atoms. The summed E-state index contributed by atoms with van der Waals surface area (Å²) in [4.78, 5) is 2.18. The van der Waals surface area contributed by atoms with Crippen molar-refractivity contribution in [1.82, 2.24) is 4.90 Å². The Morgan fingerprint density at radius 3 is 2.19 bits per heavy atom. The molecule has 0 aliphatic carbocycles. The van der Waals surface area contributed by atoms with E-state index in [1.807, 2.05) is 37.3 Å². The minimum Gasteiger partial charge on any atom is -0.405 e. The van der Waals surface area contributed by atoms with Crippen LogP contribution in [0.15, 0.2) is 169 Å². The molecule has 0 saturated heterocycles. The van der Waals surface area contributed by atoms with Gasteiger partial charge >= 0.3 is 0 Å². The summed E-state index contributed by atoms with van der Waals surface area (Å²) in [5.74, 6) is 3.00. The van der Waals surface area contributed by atoms with Crippen LogP contribution in [0.5, 0.6) is 0 Å². The van der Waals surface area contributed by atoms with Gasteiger partial charge in [-0.1, -0.05) is 115 Å². The molecule has 2 heteroatoms. The minimum atomic E-state index is 0.837. The third-order valence-electron chi connectivity index (χ3n) is 8.85. The lowest BCUT2D eigenvalue weighted by Crippen LogP contribution is -2.15. The zero-order valence-electron chi connectivity index (χ0n) is 28.7. The third kappa shape index (κ3) is 6.82. The van der Waals surface area contributed by atoms with Crippen LogP contribution in [0, 0.1) is 12.3 Å². The first kappa shape index (κ1) is 33.6. The second kappa shape index (κ2) is 15.2. The zero-order chi connectivity index (χ0) is 34.2. The lowest BCUT2D eigenvalue weighted by molar-refractivity contribution is 0.571. The van der Waals surface area contributed by atoms with E-state index >= 15 is 0 Å². The molecule has 0 bridgehead atoms. The van der Waals surface area contributed by atoms with Crippen LogP contribution in [0.1, 0.15) is 52.2 Å². The molecule has 238 valence electrons. The summed E-state index contributed by atoms with van der Waals surface area (Å²) in [6.07, 6.45) is 35.7. The third-order valence-corrected chi connectivity index (χ3v) is 8.85. The highest BCUT2D eigenvalue weighted by Crippen LogP contribution is 2.40. The Morgan fingerprint density at radius 2 is 1.54 bits per heavy atom. The summed E-state index contributed by atoms with van der Waals surface area (Å²) in [6, 6.07) is 17.8. The van der Waals surface area contributed by atoms with Crippen LogP contribution in [0.4, 0.5) is 0 Å². The molecular weight excluding hydrogens is 581 g/mol. The number of hydrogen-bond donors (Lipinski definition) is 1. The van der Waals surface area contributed by atoms with E-state index in [4.69, 9.17) is 12.2 Å². The van der Waals surface area contributed by atoms with Crippen molar-refractivity contribution in [3.8, 4) is 12.3 Å². The largest absolute Gasteiger partial charge is 0.405 e. The number of nitrogens with zero attached hydrogens (tertiary/aromatic N) is 1. The molecule has 2 N–H and O–H groups in total. The number of terminal acetylenes is 1. The quantitative estimate of drug-likeness (QED) is 0.114. The average Bonchev–Trinajstić information content (AvgIpc) is 3.10. The fraction of sp³-hybridized carbons (Fsp3) is 0.130. The van der Waals surface area contributed by atoms with Crippen LogP contribution in [0.25, 0.3) is 43.5 Å². The first-order valence-corrected chi connectivity index (χ1v) is 16.4. The molecule has 0 atom stereocenters. The molecule has 0 amide bonds. The molecular formula is C46H44N2. The summed E-state index contributed by atoms with van der Waals surface area (Å²) in [7, 11) is 0. The molecule has 1 aliphatic rings. The van der Waals surface area contributed by atoms with Crippen molar-refractivity contribution in [2.75, 3.05) is 0 Å². The number of rotatable bonds is 9. The lowest BCUT2D eigenvalue weighted by atomic mass is 9.87. The molecule has 0 radical (unpaired) electrons. The summed E-state index contributed by atoms with van der Waals surface area (Å²) in [5, 5.41) is 7.30. The molecule has 1 aliphatic heterocycles. The van der Waals surface area contributed by atoms with Crippen molar-refractivity contribution in [1.29, 1.82) is 0 Å². The topological polar surface area (TPSA) is 29.3 Å². The van der Waals surface area contributed by atoms with Gasteiger partial charge in [0.25, 0.3) is 0 Å². The molecule has 0 unspecified atom stereocenters. The highest BCUT2D eigenvalue weighted by atomic mass is 15.1. The SMILES string of the molecule is C#C/C(=C\C=C(/C)N1/C=C\C=C/C(=C)C(/C=C\C)=C\1C)c1ccc2ccc3c(C(/C=C\C)=C/C/C(C)=C/C=C\N)ccc4ccc1c2c43. The predicted molar refractivity (Wildman–Crippen MR) is 212 cm³/mol. The predicted octanol–water partition coefficient (Wildman–Crippen LogP) is 12.1. The molecule has 0 spiro atoms. The van der Waals surface area contributed by atoms with E-state index in [1.165, 1.54) is 43.6 Å². The van der Waals surface area contributed by atoms with E-state index in [1.54, 1.807) is 6.20 Å². The zero-order valence-corrected chi connectivity index (χ0v) is 28.7. The van der Waals surface area contributed by atoms with Gasteiger partial charge in [0.1, 0.15) is 0 Å². The molecule has 0 saturated carbocycles. The maximum atomic E-state index is 6.23. The van der Waals surface area contributed by atoms with Gasteiger partial charge in [0.15, 0.2) is 0 Å². The number of nitrogens with two attached hydrogens (primary N) is 1. The molecule has 0 aromatic heterocycles. The van der Waals surface area contributed by atoms with Gasteiger partial charge in [0.05, 0.1) is 0 Å². The summed E-state index contributed by atoms with van der Waals surface area (Å²) < 4.78 is 0. The molecule has 4 aromatic rings. The Labute approximate surface area is 286 Å². The molecule has 4 aromatic carbocycles. The van der Waals surface area contributed by atoms with Crippen LogP contribution < -0.4 is 5.73 Å². The van der Waals surface area contributed by atoms with Gasteiger partial charge in [0, 0.05) is 28.7 Å². The van der Waals surface area contributed by atoms with Crippen LogP contribution >= 0.6 is 0 Å². The van der Waals surface area contributed by atoms with E-state index in [9.17, 15) is 0 Å². The van der Waals surface area contributed by atoms with E-state index in [0.717, 1.165) is 45.5 Å². The Morgan fingerprint density at radius 1 is 0.875 bits per heavy atom. The van der Waals surface area contributed by atoms with Gasteiger partial charge in [-0.05, 0) is 126 Å². The van der Waals surface area contributed by atoms with Crippen molar-refractivity contribution < 1.29 is 0 Å². The standard InChI is InChI=1S/C46H44N2/c1-8-14-37(20-18-32(4)16-13-30-47)42-27-23-39-24-28-43-41(26-22-38-25-29-44(42)46(39)45(38)43)36(10-3)21-19-34(6)48-31-12-11-17-33(5)40(15-9-2)35(48)7/h3,8-9,11-17,19-31H,5,18,47H2,1-2,4,6-7H3/b14-8-,15-9-,17-11-,30-13-,31-12-,32-16+,34-19+,36-21+,37-20+,40-35-. The van der Waals surface area contributed by atoms with E-state index in [2.05, 4.69) is 142 Å². The van der Waals surface area contributed by atoms with E-state index < -0.39 is 0 Å². The van der Waals surface area contributed by atoms with Gasteiger partial charge in [-0.3, -0.25) is 0 Å². The lowest BCUT2D eigenvalue weighted by Gasteiger charge is -2.25. The number of allylic oxidation sites excluding steroid dienone is 19. The number of hydrogen-bond acceptors (Lipinski definition) is 2. The van der Waals surface area contributed by atoms with Crippen LogP contribution in [-0.4, -0.2) is 4.90 Å². The van der Waals surface area contributed by atoms with Gasteiger partial charge in [-0.2, -0.15) is 0 Å². The van der Waals surface area contributed by atoms with Crippen LogP contribution in [0.2, 0.25) is 0 Å². The second-order valence-corrected chi connectivity index (χ2v) is 12.0. The maximum absolute atomic E-state index is 6.23. The van der Waals surface area contributed by atoms with Crippen LogP contribution in [0.3, 0.4) is 0 Å². The summed E-state index contributed by atoms with van der Waals surface area (Å²) in [6.45, 7) is 14.7. The maximum Gasteiger partial charge on any atom is 0.0321 e. The number of benzene rings is 4. The molecule has 1 heterocycles. The van der Waals surface area contributed by atoms with Crippen molar-refractivity contribution in [3.63, 3.8) is 0 Å². The van der Waals surface area contributed by atoms with Crippen molar-refractivity contribution in [2.24, 2.45) is 5.73 Å². The summed E-state index contributed by atoms with van der Waals surface area (Å²) in [5.41, 5.74) is 15.3. The minimum absolute atomic E-state index is 0.837. The van der Waals surface area contributed by atoms with Crippen LogP contribution in [-0.2, 0) is 0 Å². The normalized spacial score (nSPS) is 18.6.